The largest absolute Gasteiger partial charge is 0.337 e. The summed E-state index contributed by atoms with van der Waals surface area (Å²) in [6.45, 7) is 2.24. The Balaban J connectivity index is 2.18. The van der Waals surface area contributed by atoms with Crippen LogP contribution in [-0.4, -0.2) is 30.4 Å². The van der Waals surface area contributed by atoms with Gasteiger partial charge in [0.05, 0.1) is 0 Å². The summed E-state index contributed by atoms with van der Waals surface area (Å²) in [5, 5.41) is 0. The van der Waals surface area contributed by atoms with Crippen LogP contribution in [0.15, 0.2) is 18.2 Å². The number of carbonyl (C=O) groups excluding carboxylic acids is 1. The molecule has 1 unspecified atom stereocenters. The third-order valence-electron chi connectivity index (χ3n) is 3.51. The van der Waals surface area contributed by atoms with Gasteiger partial charge in [0.25, 0.3) is 5.91 Å². The van der Waals surface area contributed by atoms with E-state index in [0.717, 1.165) is 18.4 Å². The number of benzene rings is 1. The Bertz CT molecular complexity index is 437. The number of nitrogens with two attached hydrogens (primary N) is 1. The zero-order valence-corrected chi connectivity index (χ0v) is 10.8. The lowest BCUT2D eigenvalue weighted by molar-refractivity contribution is 0.0718. The first-order valence-electron chi connectivity index (χ1n) is 6.27. The molecule has 1 saturated carbocycles. The predicted molar refractivity (Wildman–Crippen MR) is 68.8 cm³/mol. The van der Waals surface area contributed by atoms with Crippen LogP contribution in [0.2, 0.25) is 0 Å². The van der Waals surface area contributed by atoms with Crippen LogP contribution in [0.1, 0.15) is 28.8 Å². The van der Waals surface area contributed by atoms with Crippen LogP contribution in [0, 0.1) is 18.7 Å². The number of hydrogen-bond acceptors (Lipinski definition) is 2. The summed E-state index contributed by atoms with van der Waals surface area (Å²) in [5.41, 5.74) is 6.87. The van der Waals surface area contributed by atoms with E-state index in [-0.39, 0.29) is 17.8 Å². The number of aryl methyl sites for hydroxylation is 1. The minimum atomic E-state index is -0.373. The third kappa shape index (κ3) is 2.70. The second-order valence-electron chi connectivity index (χ2n) is 5.07. The molecular weight excluding hydrogens is 231 g/mol. The Labute approximate surface area is 107 Å². The molecule has 2 N–H and O–H groups in total. The number of likely N-dealkylation sites (N-methyl/N-ethyl adjacent to an activating group) is 1. The van der Waals surface area contributed by atoms with E-state index in [0.29, 0.717) is 18.0 Å². The maximum atomic E-state index is 13.3. The van der Waals surface area contributed by atoms with E-state index in [9.17, 15) is 9.18 Å². The summed E-state index contributed by atoms with van der Waals surface area (Å²) < 4.78 is 13.3. The van der Waals surface area contributed by atoms with E-state index in [1.807, 2.05) is 0 Å². The zero-order valence-electron chi connectivity index (χ0n) is 10.8. The van der Waals surface area contributed by atoms with Crippen LogP contribution >= 0.6 is 0 Å². The van der Waals surface area contributed by atoms with Crippen molar-refractivity contribution in [3.8, 4) is 0 Å². The van der Waals surface area contributed by atoms with Crippen molar-refractivity contribution in [1.29, 1.82) is 0 Å². The van der Waals surface area contributed by atoms with Crippen LogP contribution in [0.5, 0.6) is 0 Å². The molecule has 0 saturated heterocycles. The Morgan fingerprint density at radius 2 is 2.17 bits per heavy atom. The van der Waals surface area contributed by atoms with E-state index < -0.39 is 0 Å². The quantitative estimate of drug-likeness (QED) is 0.887. The molecule has 0 bridgehead atoms. The van der Waals surface area contributed by atoms with Gasteiger partial charge in [-0.05, 0) is 49.4 Å². The number of halogens is 1. The van der Waals surface area contributed by atoms with E-state index >= 15 is 0 Å². The standard InChI is InChI=1S/C14H19FN2O/c1-9-5-11(7-12(15)6-9)14(18)17(2)13(8-16)10-3-4-10/h5-7,10,13H,3-4,8,16H2,1-2H3. The molecule has 1 fully saturated rings. The molecule has 0 radical (unpaired) electrons. The molecule has 3 nitrogen and oxygen atoms in total. The van der Waals surface area contributed by atoms with Gasteiger partial charge >= 0.3 is 0 Å². The first kappa shape index (κ1) is 13.0. The Kier molecular flexibility index (Phi) is 3.66. The van der Waals surface area contributed by atoms with E-state index in [2.05, 4.69) is 0 Å². The Morgan fingerprint density at radius 1 is 1.50 bits per heavy atom. The molecule has 0 spiro atoms. The lowest BCUT2D eigenvalue weighted by Crippen LogP contribution is -2.43. The van der Waals surface area contributed by atoms with Crippen molar-refractivity contribution in [3.63, 3.8) is 0 Å². The molecular formula is C14H19FN2O. The number of rotatable bonds is 4. The van der Waals surface area contributed by atoms with Gasteiger partial charge in [-0.1, -0.05) is 0 Å². The average Bonchev–Trinajstić information content (AvgIpc) is 3.12. The summed E-state index contributed by atoms with van der Waals surface area (Å²) in [4.78, 5) is 13.9. The number of nitrogens with zero attached hydrogens (tertiary/aromatic N) is 1. The van der Waals surface area contributed by atoms with Crippen LogP contribution in [0.3, 0.4) is 0 Å². The van der Waals surface area contributed by atoms with Crippen molar-refractivity contribution < 1.29 is 9.18 Å². The van der Waals surface area contributed by atoms with E-state index in [4.69, 9.17) is 5.73 Å². The van der Waals surface area contributed by atoms with Gasteiger partial charge in [0.2, 0.25) is 0 Å². The summed E-state index contributed by atoms with van der Waals surface area (Å²) in [6, 6.07) is 4.48. The van der Waals surface area contributed by atoms with Crippen molar-refractivity contribution >= 4 is 5.91 Å². The topological polar surface area (TPSA) is 46.3 Å². The van der Waals surface area contributed by atoms with Crippen molar-refractivity contribution in [2.45, 2.75) is 25.8 Å². The highest BCUT2D eigenvalue weighted by Crippen LogP contribution is 2.34. The summed E-state index contributed by atoms with van der Waals surface area (Å²) in [6.07, 6.45) is 2.25. The van der Waals surface area contributed by atoms with Crippen molar-refractivity contribution in [2.24, 2.45) is 11.7 Å². The molecule has 1 aromatic rings. The highest BCUT2D eigenvalue weighted by Gasteiger charge is 2.35. The monoisotopic (exact) mass is 250 g/mol. The van der Waals surface area contributed by atoms with Crippen LogP contribution in [0.4, 0.5) is 4.39 Å². The first-order valence-corrected chi connectivity index (χ1v) is 6.27. The fourth-order valence-electron chi connectivity index (χ4n) is 2.36. The number of amides is 1. The highest BCUT2D eigenvalue weighted by molar-refractivity contribution is 5.94. The van der Waals surface area contributed by atoms with E-state index in [1.54, 1.807) is 24.9 Å². The smallest absolute Gasteiger partial charge is 0.254 e. The summed E-state index contributed by atoms with van der Waals surface area (Å²) in [5.74, 6) is -0.0129. The van der Waals surface area contributed by atoms with Gasteiger partial charge in [0.1, 0.15) is 5.82 Å². The second-order valence-corrected chi connectivity index (χ2v) is 5.07. The predicted octanol–water partition coefficient (Wildman–Crippen LogP) is 1.94. The van der Waals surface area contributed by atoms with Crippen LogP contribution in [-0.2, 0) is 0 Å². The van der Waals surface area contributed by atoms with Crippen molar-refractivity contribution in [1.82, 2.24) is 4.90 Å². The third-order valence-corrected chi connectivity index (χ3v) is 3.51. The minimum absolute atomic E-state index is 0.0704. The van der Waals surface area contributed by atoms with E-state index in [1.165, 1.54) is 12.1 Å². The SMILES string of the molecule is Cc1cc(F)cc(C(=O)N(C)C(CN)C2CC2)c1. The van der Waals surface area contributed by atoms with Gasteiger partial charge < -0.3 is 10.6 Å². The lowest BCUT2D eigenvalue weighted by Gasteiger charge is -2.27. The Hall–Kier alpha value is -1.42. The fourth-order valence-corrected chi connectivity index (χ4v) is 2.36. The molecule has 1 amide bonds. The van der Waals surface area contributed by atoms with Crippen molar-refractivity contribution in [3.05, 3.63) is 35.1 Å². The maximum absolute atomic E-state index is 13.3. The molecule has 18 heavy (non-hydrogen) atoms. The lowest BCUT2D eigenvalue weighted by atomic mass is 10.1. The Morgan fingerprint density at radius 3 is 2.67 bits per heavy atom. The summed E-state index contributed by atoms with van der Waals surface area (Å²) >= 11 is 0. The van der Waals surface area contributed by atoms with Gasteiger partial charge in [0, 0.05) is 25.2 Å². The summed E-state index contributed by atoms with van der Waals surface area (Å²) in [7, 11) is 1.75. The normalized spacial score (nSPS) is 16.4. The van der Waals surface area contributed by atoms with Gasteiger partial charge in [0.15, 0.2) is 0 Å². The molecule has 0 aromatic heterocycles. The minimum Gasteiger partial charge on any atom is -0.337 e. The molecule has 1 aromatic carbocycles. The molecule has 4 heteroatoms. The maximum Gasteiger partial charge on any atom is 0.254 e. The van der Waals surface area contributed by atoms with Crippen molar-refractivity contribution in [2.75, 3.05) is 13.6 Å². The van der Waals surface area contributed by atoms with Gasteiger partial charge in [-0.2, -0.15) is 0 Å². The average molecular weight is 250 g/mol. The fraction of sp³-hybridized carbons (Fsp3) is 0.500. The second kappa shape index (κ2) is 5.06. The molecule has 1 aliphatic rings. The van der Waals surface area contributed by atoms with Gasteiger partial charge in [-0.25, -0.2) is 4.39 Å². The first-order chi connectivity index (χ1) is 8.52. The number of hydrogen-bond donors (Lipinski definition) is 1. The number of carbonyl (C=O) groups is 1. The van der Waals surface area contributed by atoms with Gasteiger partial charge in [-0.15, -0.1) is 0 Å². The molecule has 0 heterocycles. The van der Waals surface area contributed by atoms with Gasteiger partial charge in [-0.3, -0.25) is 4.79 Å². The zero-order chi connectivity index (χ0) is 13.3. The molecule has 0 aliphatic heterocycles. The highest BCUT2D eigenvalue weighted by atomic mass is 19.1. The molecule has 2 rings (SSSR count). The van der Waals surface area contributed by atoms with Crippen LogP contribution < -0.4 is 5.73 Å². The molecule has 1 aliphatic carbocycles. The molecule has 98 valence electrons. The molecule has 1 atom stereocenters. The van der Waals surface area contributed by atoms with Crippen LogP contribution in [0.25, 0.3) is 0 Å².